The van der Waals surface area contributed by atoms with E-state index in [0.29, 0.717) is 24.2 Å². The third-order valence-corrected chi connectivity index (χ3v) is 5.09. The van der Waals surface area contributed by atoms with Gasteiger partial charge in [0, 0.05) is 18.8 Å². The molecule has 1 aliphatic heterocycles. The van der Waals surface area contributed by atoms with E-state index in [1.54, 1.807) is 23.9 Å². The smallest absolute Gasteiger partial charge is 0.256 e. The molecule has 0 atom stereocenters. The average molecular weight is 326 g/mol. The Hall–Kier alpha value is -1.27. The van der Waals surface area contributed by atoms with Crippen LogP contribution in [0.2, 0.25) is 0 Å². The van der Waals surface area contributed by atoms with Crippen LogP contribution >= 0.6 is 11.8 Å². The molecule has 1 heterocycles. The third kappa shape index (κ3) is 3.73. The lowest BCUT2D eigenvalue weighted by Crippen LogP contribution is -2.45. The van der Waals surface area contributed by atoms with Crippen LogP contribution in [0.15, 0.2) is 18.2 Å². The average Bonchev–Trinajstić information content (AvgIpc) is 2.47. The Kier molecular flexibility index (Phi) is 5.34. The van der Waals surface area contributed by atoms with Gasteiger partial charge in [-0.3, -0.25) is 4.79 Å². The summed E-state index contributed by atoms with van der Waals surface area (Å²) in [5.74, 6) is 0.685. The molecular formula is C16H23FN2O2S. The number of thioether (sulfide) groups is 1. The highest BCUT2D eigenvalue weighted by molar-refractivity contribution is 7.99. The number of nitrogens with zero attached hydrogens (tertiary/aromatic N) is 1. The van der Waals surface area contributed by atoms with Crippen molar-refractivity contribution in [3.05, 3.63) is 24.0 Å². The first kappa shape index (κ1) is 17.1. The molecule has 1 amide bonds. The molecule has 1 fully saturated rings. The molecule has 2 N–H and O–H groups in total. The van der Waals surface area contributed by atoms with E-state index in [9.17, 15) is 14.3 Å². The first-order valence-electron chi connectivity index (χ1n) is 7.47. The molecule has 0 radical (unpaired) electrons. The molecule has 0 bridgehead atoms. The lowest BCUT2D eigenvalue weighted by Gasteiger charge is -2.30. The molecule has 0 unspecified atom stereocenters. The predicted molar refractivity (Wildman–Crippen MR) is 90.1 cm³/mol. The summed E-state index contributed by atoms with van der Waals surface area (Å²) in [6, 6.07) is 4.78. The van der Waals surface area contributed by atoms with E-state index in [0.717, 1.165) is 11.5 Å². The summed E-state index contributed by atoms with van der Waals surface area (Å²) in [6.07, 6.45) is 0.861. The van der Waals surface area contributed by atoms with Gasteiger partial charge >= 0.3 is 0 Å². The fourth-order valence-electron chi connectivity index (χ4n) is 2.33. The van der Waals surface area contributed by atoms with Gasteiger partial charge < -0.3 is 15.3 Å². The highest BCUT2D eigenvalue weighted by atomic mass is 32.2. The second-order valence-corrected chi connectivity index (χ2v) is 7.19. The van der Waals surface area contributed by atoms with Crippen LogP contribution in [0.4, 0.5) is 15.8 Å². The number of aliphatic hydroxyl groups is 1. The van der Waals surface area contributed by atoms with Crippen LogP contribution in [0, 0.1) is 5.82 Å². The van der Waals surface area contributed by atoms with Crippen molar-refractivity contribution in [3.8, 4) is 0 Å². The Labute approximate surface area is 135 Å². The van der Waals surface area contributed by atoms with Crippen molar-refractivity contribution in [1.29, 1.82) is 0 Å². The van der Waals surface area contributed by atoms with Crippen molar-refractivity contribution in [2.45, 2.75) is 38.3 Å². The number of hydrogen-bond donors (Lipinski definition) is 2. The van der Waals surface area contributed by atoms with Crippen molar-refractivity contribution in [3.63, 3.8) is 0 Å². The number of hydrogen-bond acceptors (Lipinski definition) is 4. The molecule has 6 heteroatoms. The molecule has 0 aromatic heterocycles. The van der Waals surface area contributed by atoms with Gasteiger partial charge in [0.1, 0.15) is 11.4 Å². The largest absolute Gasteiger partial charge is 0.380 e. The molecule has 122 valence electrons. The fourth-order valence-corrected chi connectivity index (χ4v) is 3.50. The quantitative estimate of drug-likeness (QED) is 0.893. The summed E-state index contributed by atoms with van der Waals surface area (Å²) in [7, 11) is 1.82. The Bertz CT molecular complexity index is 545. The highest BCUT2D eigenvalue weighted by Gasteiger charge is 2.37. The maximum Gasteiger partial charge on any atom is 0.256 e. The van der Waals surface area contributed by atoms with E-state index in [4.69, 9.17) is 0 Å². The van der Waals surface area contributed by atoms with E-state index >= 15 is 0 Å². The highest BCUT2D eigenvalue weighted by Crippen LogP contribution is 2.29. The molecule has 0 spiro atoms. The molecule has 1 aromatic rings. The topological polar surface area (TPSA) is 52.6 Å². The summed E-state index contributed by atoms with van der Waals surface area (Å²) < 4.78 is 14.2. The van der Waals surface area contributed by atoms with Gasteiger partial charge in [-0.2, -0.15) is 11.8 Å². The summed E-state index contributed by atoms with van der Waals surface area (Å²) >= 11 is 1.73. The van der Waals surface area contributed by atoms with Crippen LogP contribution in [0.3, 0.4) is 0 Å². The van der Waals surface area contributed by atoms with Crippen LogP contribution in [0.1, 0.15) is 26.7 Å². The predicted octanol–water partition coefficient (Wildman–Crippen LogP) is 2.87. The Morgan fingerprint density at radius 3 is 2.59 bits per heavy atom. The second kappa shape index (κ2) is 6.87. The van der Waals surface area contributed by atoms with Gasteiger partial charge in [0.05, 0.1) is 5.69 Å². The number of carbonyl (C=O) groups is 1. The van der Waals surface area contributed by atoms with Crippen LogP contribution in [0.25, 0.3) is 0 Å². The van der Waals surface area contributed by atoms with Crippen molar-refractivity contribution in [2.24, 2.45) is 0 Å². The number of amides is 1. The molecule has 4 nitrogen and oxygen atoms in total. The summed E-state index contributed by atoms with van der Waals surface area (Å²) in [4.78, 5) is 14.1. The number of carbonyl (C=O) groups excluding carboxylic acids is 1. The standard InChI is InChI=1S/C16H23FN2O2S/c1-11(2)19(3)14-5-4-12(10-13(14)17)18-15(20)16(21)6-8-22-9-7-16/h4-5,10-11,21H,6-9H2,1-3H3,(H,18,20). The van der Waals surface area contributed by atoms with Crippen molar-refractivity contribution in [1.82, 2.24) is 0 Å². The van der Waals surface area contributed by atoms with Crippen LogP contribution < -0.4 is 10.2 Å². The zero-order chi connectivity index (χ0) is 16.3. The van der Waals surface area contributed by atoms with Gasteiger partial charge in [0.25, 0.3) is 5.91 Å². The minimum Gasteiger partial charge on any atom is -0.380 e. The molecular weight excluding hydrogens is 303 g/mol. The summed E-state index contributed by atoms with van der Waals surface area (Å²) in [6.45, 7) is 3.96. The lowest BCUT2D eigenvalue weighted by atomic mass is 9.95. The first-order chi connectivity index (χ1) is 10.3. The Morgan fingerprint density at radius 2 is 2.05 bits per heavy atom. The van der Waals surface area contributed by atoms with Crippen LogP contribution in [-0.2, 0) is 4.79 Å². The fraction of sp³-hybridized carbons (Fsp3) is 0.562. The minimum absolute atomic E-state index is 0.176. The van der Waals surface area contributed by atoms with Gasteiger partial charge in [-0.05, 0) is 56.4 Å². The minimum atomic E-state index is -1.34. The van der Waals surface area contributed by atoms with Crippen molar-refractivity contribution >= 4 is 29.0 Å². The van der Waals surface area contributed by atoms with E-state index < -0.39 is 11.5 Å². The summed E-state index contributed by atoms with van der Waals surface area (Å²) in [5, 5.41) is 13.0. The Balaban J connectivity index is 2.10. The second-order valence-electron chi connectivity index (χ2n) is 5.97. The normalized spacial score (nSPS) is 17.4. The third-order valence-electron chi connectivity index (χ3n) is 4.10. The molecule has 1 aliphatic rings. The van der Waals surface area contributed by atoms with E-state index in [2.05, 4.69) is 5.32 Å². The summed E-state index contributed by atoms with van der Waals surface area (Å²) in [5.41, 5.74) is -0.481. The van der Waals surface area contributed by atoms with Gasteiger partial charge in [-0.15, -0.1) is 0 Å². The Morgan fingerprint density at radius 1 is 1.41 bits per heavy atom. The molecule has 0 saturated carbocycles. The van der Waals surface area contributed by atoms with Gasteiger partial charge in [-0.1, -0.05) is 0 Å². The number of rotatable bonds is 4. The SMILES string of the molecule is CC(C)N(C)c1ccc(NC(=O)C2(O)CCSCC2)cc1F. The number of benzene rings is 1. The van der Waals surface area contributed by atoms with Crippen molar-refractivity contribution in [2.75, 3.05) is 28.8 Å². The molecule has 22 heavy (non-hydrogen) atoms. The lowest BCUT2D eigenvalue weighted by molar-refractivity contribution is -0.134. The van der Waals surface area contributed by atoms with Crippen molar-refractivity contribution < 1.29 is 14.3 Å². The van der Waals surface area contributed by atoms with E-state index in [1.807, 2.05) is 25.8 Å². The number of halogens is 1. The van der Waals surface area contributed by atoms with Crippen LogP contribution in [-0.4, -0.2) is 41.2 Å². The van der Waals surface area contributed by atoms with E-state index in [-0.39, 0.29) is 11.9 Å². The maximum absolute atomic E-state index is 14.2. The van der Waals surface area contributed by atoms with Gasteiger partial charge in [0.15, 0.2) is 0 Å². The molecule has 1 saturated heterocycles. The zero-order valence-corrected chi connectivity index (χ0v) is 14.0. The van der Waals surface area contributed by atoms with Gasteiger partial charge in [-0.25, -0.2) is 4.39 Å². The molecule has 1 aromatic carbocycles. The molecule has 2 rings (SSSR count). The monoisotopic (exact) mass is 326 g/mol. The first-order valence-corrected chi connectivity index (χ1v) is 8.63. The van der Waals surface area contributed by atoms with Crippen LogP contribution in [0.5, 0.6) is 0 Å². The van der Waals surface area contributed by atoms with Gasteiger partial charge in [0.2, 0.25) is 0 Å². The molecule has 0 aliphatic carbocycles. The number of nitrogens with one attached hydrogen (secondary N) is 1. The number of anilines is 2. The zero-order valence-electron chi connectivity index (χ0n) is 13.2. The van der Waals surface area contributed by atoms with E-state index in [1.165, 1.54) is 6.07 Å². The maximum atomic E-state index is 14.2.